The standard InChI is InChI=1S/C19H28N2O5S/c1-13(2)17(21-8-5-9-27(21,25)26)18(22)20-12-16(19(23)24)11-15-7-4-6-14(3)10-15/h4,6-7,10,13,16-17H,5,8-9,11-12H2,1-3H3,(H,20,22)(H,23,24). The summed E-state index contributed by atoms with van der Waals surface area (Å²) < 4.78 is 25.6. The van der Waals surface area contributed by atoms with E-state index in [9.17, 15) is 23.1 Å². The van der Waals surface area contributed by atoms with Crippen LogP contribution >= 0.6 is 0 Å². The summed E-state index contributed by atoms with van der Waals surface area (Å²) in [7, 11) is -3.43. The summed E-state index contributed by atoms with van der Waals surface area (Å²) in [5.41, 5.74) is 1.93. The quantitative estimate of drug-likeness (QED) is 0.692. The van der Waals surface area contributed by atoms with Crippen LogP contribution in [0.5, 0.6) is 0 Å². The van der Waals surface area contributed by atoms with E-state index in [4.69, 9.17) is 0 Å². The predicted octanol–water partition coefficient (Wildman–Crippen LogP) is 1.41. The SMILES string of the molecule is Cc1cccc(CC(CNC(=O)C(C(C)C)N2CCCS2(=O)=O)C(=O)O)c1. The van der Waals surface area contributed by atoms with Gasteiger partial charge in [-0.25, -0.2) is 8.42 Å². The number of rotatable bonds is 8. The number of benzene rings is 1. The summed E-state index contributed by atoms with van der Waals surface area (Å²) in [6.45, 7) is 5.80. The summed E-state index contributed by atoms with van der Waals surface area (Å²) in [5.74, 6) is -2.37. The van der Waals surface area contributed by atoms with Crippen molar-refractivity contribution in [1.82, 2.24) is 9.62 Å². The van der Waals surface area contributed by atoms with Gasteiger partial charge >= 0.3 is 5.97 Å². The maximum atomic E-state index is 12.7. The van der Waals surface area contributed by atoms with E-state index >= 15 is 0 Å². The highest BCUT2D eigenvalue weighted by atomic mass is 32.2. The average Bonchev–Trinajstić information content (AvgIpc) is 2.90. The Bertz CT molecular complexity index is 791. The average molecular weight is 397 g/mol. The minimum Gasteiger partial charge on any atom is -0.481 e. The fourth-order valence-corrected chi connectivity index (χ4v) is 5.26. The fraction of sp³-hybridized carbons (Fsp3) is 0.579. The molecule has 8 heteroatoms. The van der Waals surface area contributed by atoms with Crippen LogP contribution in [-0.2, 0) is 26.0 Å². The number of nitrogens with zero attached hydrogens (tertiary/aromatic N) is 1. The van der Waals surface area contributed by atoms with Crippen molar-refractivity contribution < 1.29 is 23.1 Å². The minimum absolute atomic E-state index is 0.0424. The molecular formula is C19H28N2O5S. The second-order valence-corrected chi connectivity index (χ2v) is 9.48. The van der Waals surface area contributed by atoms with Gasteiger partial charge in [0, 0.05) is 13.1 Å². The lowest BCUT2D eigenvalue weighted by molar-refractivity contribution is -0.141. The van der Waals surface area contributed by atoms with Crippen LogP contribution in [-0.4, -0.2) is 54.6 Å². The number of carbonyl (C=O) groups excluding carboxylic acids is 1. The predicted molar refractivity (Wildman–Crippen MR) is 103 cm³/mol. The first kappa shape index (κ1) is 21.4. The molecule has 150 valence electrons. The number of carboxylic acids is 1. The molecule has 1 aromatic rings. The second kappa shape index (κ2) is 8.84. The van der Waals surface area contributed by atoms with Gasteiger partial charge in [0.05, 0.1) is 11.7 Å². The minimum atomic E-state index is -3.43. The number of amides is 1. The normalized spacial score (nSPS) is 19.0. The number of aliphatic carboxylic acids is 1. The van der Waals surface area contributed by atoms with E-state index in [0.29, 0.717) is 19.4 Å². The van der Waals surface area contributed by atoms with Crippen molar-refractivity contribution in [2.45, 2.75) is 39.7 Å². The molecule has 0 spiro atoms. The van der Waals surface area contributed by atoms with E-state index in [1.807, 2.05) is 31.2 Å². The molecular weight excluding hydrogens is 368 g/mol. The highest BCUT2D eigenvalue weighted by Gasteiger charge is 2.40. The third-order valence-electron chi connectivity index (χ3n) is 4.78. The van der Waals surface area contributed by atoms with Crippen LogP contribution < -0.4 is 5.32 Å². The molecule has 0 aliphatic carbocycles. The van der Waals surface area contributed by atoms with Crippen molar-refractivity contribution in [2.75, 3.05) is 18.8 Å². The molecule has 1 fully saturated rings. The molecule has 0 aromatic heterocycles. The monoisotopic (exact) mass is 396 g/mol. The third-order valence-corrected chi connectivity index (χ3v) is 6.71. The molecule has 0 radical (unpaired) electrons. The molecule has 2 unspecified atom stereocenters. The molecule has 1 amide bonds. The van der Waals surface area contributed by atoms with E-state index in [2.05, 4.69) is 5.32 Å². The Morgan fingerprint density at radius 1 is 1.30 bits per heavy atom. The van der Waals surface area contributed by atoms with E-state index in [1.54, 1.807) is 13.8 Å². The highest BCUT2D eigenvalue weighted by molar-refractivity contribution is 7.89. The first-order valence-corrected chi connectivity index (χ1v) is 10.8. The van der Waals surface area contributed by atoms with Crippen LogP contribution in [0.3, 0.4) is 0 Å². The first-order chi connectivity index (χ1) is 12.6. The number of hydrogen-bond donors (Lipinski definition) is 2. The molecule has 2 atom stereocenters. The van der Waals surface area contributed by atoms with Crippen LogP contribution in [0.4, 0.5) is 0 Å². The molecule has 2 N–H and O–H groups in total. The van der Waals surface area contributed by atoms with Crippen molar-refractivity contribution >= 4 is 21.9 Å². The molecule has 1 aromatic carbocycles. The molecule has 1 aliphatic heterocycles. The molecule has 2 rings (SSSR count). The van der Waals surface area contributed by atoms with Crippen LogP contribution in [0.2, 0.25) is 0 Å². The highest BCUT2D eigenvalue weighted by Crippen LogP contribution is 2.22. The van der Waals surface area contributed by atoms with Crippen LogP contribution in [0.25, 0.3) is 0 Å². The summed E-state index contributed by atoms with van der Waals surface area (Å²) in [5, 5.41) is 12.2. The lowest BCUT2D eigenvalue weighted by Gasteiger charge is -2.29. The molecule has 0 saturated carbocycles. The summed E-state index contributed by atoms with van der Waals surface area (Å²) in [4.78, 5) is 24.3. The summed E-state index contributed by atoms with van der Waals surface area (Å²) >= 11 is 0. The number of sulfonamides is 1. The number of carbonyl (C=O) groups is 2. The smallest absolute Gasteiger partial charge is 0.308 e. The van der Waals surface area contributed by atoms with Crippen molar-refractivity contribution in [2.24, 2.45) is 11.8 Å². The topological polar surface area (TPSA) is 104 Å². The molecule has 1 heterocycles. The zero-order valence-corrected chi connectivity index (χ0v) is 16.8. The van der Waals surface area contributed by atoms with E-state index < -0.39 is 33.9 Å². The molecule has 1 aliphatic rings. The van der Waals surface area contributed by atoms with Gasteiger partial charge in [0.2, 0.25) is 15.9 Å². The van der Waals surface area contributed by atoms with Gasteiger partial charge < -0.3 is 10.4 Å². The third kappa shape index (κ3) is 5.52. The molecule has 27 heavy (non-hydrogen) atoms. The van der Waals surface area contributed by atoms with E-state index in [-0.39, 0.29) is 18.2 Å². The van der Waals surface area contributed by atoms with E-state index in [0.717, 1.165) is 11.1 Å². The molecule has 1 saturated heterocycles. The van der Waals surface area contributed by atoms with Gasteiger partial charge in [0.15, 0.2) is 0 Å². The van der Waals surface area contributed by atoms with Gasteiger partial charge in [-0.05, 0) is 31.2 Å². The second-order valence-electron chi connectivity index (χ2n) is 7.44. The Labute approximate surface area is 160 Å². The van der Waals surface area contributed by atoms with Crippen LogP contribution in [0.1, 0.15) is 31.4 Å². The van der Waals surface area contributed by atoms with Crippen molar-refractivity contribution in [3.8, 4) is 0 Å². The zero-order chi connectivity index (χ0) is 20.2. The number of carboxylic acid groups (broad SMARTS) is 1. The van der Waals surface area contributed by atoms with Gasteiger partial charge in [-0.1, -0.05) is 43.7 Å². The van der Waals surface area contributed by atoms with Gasteiger partial charge in [-0.2, -0.15) is 4.31 Å². The maximum absolute atomic E-state index is 12.7. The Morgan fingerprint density at radius 2 is 2.00 bits per heavy atom. The number of nitrogens with one attached hydrogen (secondary N) is 1. The molecule has 7 nitrogen and oxygen atoms in total. The zero-order valence-electron chi connectivity index (χ0n) is 16.0. The van der Waals surface area contributed by atoms with Crippen molar-refractivity contribution in [3.05, 3.63) is 35.4 Å². The van der Waals surface area contributed by atoms with Gasteiger partial charge in [-0.15, -0.1) is 0 Å². The Kier molecular flexibility index (Phi) is 7.00. The van der Waals surface area contributed by atoms with Gasteiger partial charge in [0.25, 0.3) is 0 Å². The molecule has 0 bridgehead atoms. The van der Waals surface area contributed by atoms with Crippen molar-refractivity contribution in [1.29, 1.82) is 0 Å². The van der Waals surface area contributed by atoms with Crippen molar-refractivity contribution in [3.63, 3.8) is 0 Å². The van der Waals surface area contributed by atoms with Gasteiger partial charge in [-0.3, -0.25) is 9.59 Å². The first-order valence-electron chi connectivity index (χ1n) is 9.17. The summed E-state index contributed by atoms with van der Waals surface area (Å²) in [6, 6.07) is 6.77. The number of aryl methyl sites for hydroxylation is 1. The van der Waals surface area contributed by atoms with Crippen LogP contribution in [0, 0.1) is 18.8 Å². The van der Waals surface area contributed by atoms with E-state index in [1.165, 1.54) is 4.31 Å². The summed E-state index contributed by atoms with van der Waals surface area (Å²) in [6.07, 6.45) is 0.801. The Morgan fingerprint density at radius 3 is 2.52 bits per heavy atom. The lowest BCUT2D eigenvalue weighted by atomic mass is 9.97. The number of hydrogen-bond acceptors (Lipinski definition) is 4. The largest absolute Gasteiger partial charge is 0.481 e. The lowest BCUT2D eigenvalue weighted by Crippen LogP contribution is -2.51. The van der Waals surface area contributed by atoms with Gasteiger partial charge in [0.1, 0.15) is 6.04 Å². The maximum Gasteiger partial charge on any atom is 0.308 e. The Balaban J connectivity index is 2.06. The fourth-order valence-electron chi connectivity index (χ4n) is 3.44. The van der Waals surface area contributed by atoms with Crippen LogP contribution in [0.15, 0.2) is 24.3 Å². The Hall–Kier alpha value is -1.93.